The van der Waals surface area contributed by atoms with Gasteiger partial charge in [-0.2, -0.15) is 0 Å². The summed E-state index contributed by atoms with van der Waals surface area (Å²) in [5.74, 6) is -0.784. The standard InChI is InChI=1S/C16H15NO3/c18-14(11-4-8-17-9-5-11)12-2-1-3-13(10-12)16(6-7-16)15(19)20/h1-5,8-10,14,18H,6-7H2,(H,19,20). The van der Waals surface area contributed by atoms with Gasteiger partial charge >= 0.3 is 5.97 Å². The summed E-state index contributed by atoms with van der Waals surface area (Å²) in [5, 5.41) is 19.7. The normalized spacial score (nSPS) is 17.4. The van der Waals surface area contributed by atoms with E-state index >= 15 is 0 Å². The first-order valence-electron chi connectivity index (χ1n) is 6.55. The molecule has 0 bridgehead atoms. The van der Waals surface area contributed by atoms with E-state index in [1.54, 1.807) is 36.7 Å². The fourth-order valence-electron chi connectivity index (χ4n) is 2.50. The van der Waals surface area contributed by atoms with Gasteiger partial charge in [0.25, 0.3) is 0 Å². The molecule has 1 unspecified atom stereocenters. The number of aliphatic carboxylic acids is 1. The Morgan fingerprint density at radius 2 is 1.85 bits per heavy atom. The summed E-state index contributed by atoms with van der Waals surface area (Å²) in [5.41, 5.74) is 1.49. The zero-order valence-electron chi connectivity index (χ0n) is 10.9. The number of hydrogen-bond acceptors (Lipinski definition) is 3. The second-order valence-corrected chi connectivity index (χ2v) is 5.20. The number of aliphatic hydroxyl groups excluding tert-OH is 1. The summed E-state index contributed by atoms with van der Waals surface area (Å²) in [6.07, 6.45) is 3.82. The number of carboxylic acids is 1. The van der Waals surface area contributed by atoms with Gasteiger partial charge < -0.3 is 10.2 Å². The number of aliphatic hydroxyl groups is 1. The Hall–Kier alpha value is -2.20. The fourth-order valence-corrected chi connectivity index (χ4v) is 2.50. The molecule has 1 aromatic heterocycles. The van der Waals surface area contributed by atoms with Crippen LogP contribution in [0.1, 0.15) is 35.6 Å². The van der Waals surface area contributed by atoms with Gasteiger partial charge in [0.15, 0.2) is 0 Å². The molecule has 0 spiro atoms. The van der Waals surface area contributed by atoms with E-state index in [9.17, 15) is 15.0 Å². The van der Waals surface area contributed by atoms with Crippen molar-refractivity contribution in [2.45, 2.75) is 24.4 Å². The smallest absolute Gasteiger partial charge is 0.314 e. The highest BCUT2D eigenvalue weighted by atomic mass is 16.4. The first-order valence-corrected chi connectivity index (χ1v) is 6.55. The predicted molar refractivity (Wildman–Crippen MR) is 73.3 cm³/mol. The lowest BCUT2D eigenvalue weighted by Crippen LogP contribution is -2.19. The average molecular weight is 269 g/mol. The van der Waals surface area contributed by atoms with Crippen LogP contribution in [0, 0.1) is 0 Å². The van der Waals surface area contributed by atoms with Crippen LogP contribution in [0.5, 0.6) is 0 Å². The van der Waals surface area contributed by atoms with E-state index in [0.29, 0.717) is 18.4 Å². The summed E-state index contributed by atoms with van der Waals surface area (Å²) in [6.45, 7) is 0. The van der Waals surface area contributed by atoms with Crippen molar-refractivity contribution < 1.29 is 15.0 Å². The molecule has 1 atom stereocenters. The number of nitrogens with zero attached hydrogens (tertiary/aromatic N) is 1. The minimum absolute atomic E-state index is 0.664. The third-order valence-corrected chi connectivity index (χ3v) is 3.94. The van der Waals surface area contributed by atoms with Gasteiger partial charge in [0, 0.05) is 12.4 Å². The highest BCUT2D eigenvalue weighted by Gasteiger charge is 2.51. The maximum atomic E-state index is 11.4. The molecule has 0 radical (unpaired) electrons. The van der Waals surface area contributed by atoms with E-state index in [1.165, 1.54) is 0 Å². The molecule has 1 aliphatic carbocycles. The summed E-state index contributed by atoms with van der Waals surface area (Å²) in [7, 11) is 0. The fraction of sp³-hybridized carbons (Fsp3) is 0.250. The predicted octanol–water partition coefficient (Wildman–Crippen LogP) is 2.28. The highest BCUT2D eigenvalue weighted by molar-refractivity contribution is 5.84. The zero-order valence-corrected chi connectivity index (χ0v) is 10.9. The number of carbonyl (C=O) groups is 1. The summed E-state index contributed by atoms with van der Waals surface area (Å²) in [4.78, 5) is 15.3. The van der Waals surface area contributed by atoms with Crippen LogP contribution >= 0.6 is 0 Å². The molecule has 2 N–H and O–H groups in total. The Labute approximate surface area is 116 Å². The maximum Gasteiger partial charge on any atom is 0.314 e. The van der Waals surface area contributed by atoms with Gasteiger partial charge in [-0.25, -0.2) is 0 Å². The molecule has 1 aromatic carbocycles. The lowest BCUT2D eigenvalue weighted by Gasteiger charge is -2.15. The van der Waals surface area contributed by atoms with Crippen LogP contribution in [-0.4, -0.2) is 21.2 Å². The van der Waals surface area contributed by atoms with Crippen LogP contribution in [0.3, 0.4) is 0 Å². The number of pyridine rings is 1. The molecule has 1 heterocycles. The Balaban J connectivity index is 1.94. The van der Waals surface area contributed by atoms with Crippen LogP contribution < -0.4 is 0 Å². The minimum Gasteiger partial charge on any atom is -0.481 e. The summed E-state index contributed by atoms with van der Waals surface area (Å²) >= 11 is 0. The number of aromatic nitrogens is 1. The van der Waals surface area contributed by atoms with Crippen LogP contribution in [0.2, 0.25) is 0 Å². The van der Waals surface area contributed by atoms with Crippen molar-refractivity contribution in [1.82, 2.24) is 4.98 Å². The van der Waals surface area contributed by atoms with E-state index in [-0.39, 0.29) is 0 Å². The van der Waals surface area contributed by atoms with E-state index in [2.05, 4.69) is 4.98 Å². The van der Waals surface area contributed by atoms with Crippen molar-refractivity contribution in [3.63, 3.8) is 0 Å². The molecule has 4 nitrogen and oxygen atoms in total. The van der Waals surface area contributed by atoms with Crippen molar-refractivity contribution in [3.8, 4) is 0 Å². The van der Waals surface area contributed by atoms with E-state index in [0.717, 1.165) is 11.1 Å². The van der Waals surface area contributed by atoms with Gasteiger partial charge in [-0.05, 0) is 41.7 Å². The van der Waals surface area contributed by atoms with Gasteiger partial charge in [0.1, 0.15) is 6.10 Å². The Bertz CT molecular complexity index is 635. The van der Waals surface area contributed by atoms with Crippen molar-refractivity contribution >= 4 is 5.97 Å². The van der Waals surface area contributed by atoms with Crippen molar-refractivity contribution in [2.75, 3.05) is 0 Å². The number of carboxylic acid groups (broad SMARTS) is 1. The van der Waals surface area contributed by atoms with Gasteiger partial charge in [-0.15, -0.1) is 0 Å². The summed E-state index contributed by atoms with van der Waals surface area (Å²) < 4.78 is 0. The molecule has 2 aromatic rings. The van der Waals surface area contributed by atoms with Crippen LogP contribution in [0.15, 0.2) is 48.8 Å². The van der Waals surface area contributed by atoms with Gasteiger partial charge in [0.05, 0.1) is 5.41 Å². The quantitative estimate of drug-likeness (QED) is 0.893. The molecule has 102 valence electrons. The van der Waals surface area contributed by atoms with Gasteiger partial charge in [-0.3, -0.25) is 9.78 Å². The third kappa shape index (κ3) is 2.08. The second-order valence-electron chi connectivity index (χ2n) is 5.20. The van der Waals surface area contributed by atoms with Gasteiger partial charge in [-0.1, -0.05) is 24.3 Å². The van der Waals surface area contributed by atoms with Gasteiger partial charge in [0.2, 0.25) is 0 Å². The Kier molecular flexibility index (Phi) is 3.03. The molecule has 0 amide bonds. The molecule has 1 aliphatic rings. The zero-order chi connectivity index (χ0) is 14.2. The number of hydrogen-bond donors (Lipinski definition) is 2. The molecular weight excluding hydrogens is 254 g/mol. The molecular formula is C16H15NO3. The third-order valence-electron chi connectivity index (χ3n) is 3.94. The first kappa shape index (κ1) is 12.8. The van der Waals surface area contributed by atoms with E-state index in [4.69, 9.17) is 0 Å². The molecule has 1 fully saturated rings. The van der Waals surface area contributed by atoms with E-state index in [1.807, 2.05) is 12.1 Å². The largest absolute Gasteiger partial charge is 0.481 e. The minimum atomic E-state index is -0.784. The lowest BCUT2D eigenvalue weighted by molar-refractivity contribution is -0.140. The second kappa shape index (κ2) is 4.72. The number of benzene rings is 1. The average Bonchev–Trinajstić information content (AvgIpc) is 3.29. The van der Waals surface area contributed by atoms with Crippen molar-refractivity contribution in [2.24, 2.45) is 0 Å². The first-order chi connectivity index (χ1) is 9.63. The molecule has 4 heteroatoms. The summed E-state index contributed by atoms with van der Waals surface area (Å²) in [6, 6.07) is 10.7. The SMILES string of the molecule is O=C(O)C1(c2cccc(C(O)c3ccncc3)c2)CC1. The maximum absolute atomic E-state index is 11.4. The topological polar surface area (TPSA) is 70.4 Å². The molecule has 3 rings (SSSR count). The Morgan fingerprint density at radius 1 is 1.15 bits per heavy atom. The Morgan fingerprint density at radius 3 is 2.45 bits per heavy atom. The molecule has 1 saturated carbocycles. The highest BCUT2D eigenvalue weighted by Crippen LogP contribution is 2.48. The van der Waals surface area contributed by atoms with E-state index < -0.39 is 17.5 Å². The monoisotopic (exact) mass is 269 g/mol. The van der Waals surface area contributed by atoms with Crippen LogP contribution in [0.25, 0.3) is 0 Å². The molecule has 0 aliphatic heterocycles. The molecule has 0 saturated heterocycles. The lowest BCUT2D eigenvalue weighted by atomic mass is 9.92. The van der Waals surface area contributed by atoms with Crippen LogP contribution in [0.4, 0.5) is 0 Å². The van der Waals surface area contributed by atoms with Crippen molar-refractivity contribution in [3.05, 3.63) is 65.5 Å². The molecule has 20 heavy (non-hydrogen) atoms. The van der Waals surface area contributed by atoms with Crippen LogP contribution in [-0.2, 0) is 10.2 Å². The van der Waals surface area contributed by atoms with Crippen molar-refractivity contribution in [1.29, 1.82) is 0 Å². The number of rotatable bonds is 4.